The highest BCUT2D eigenvalue weighted by atomic mass is 15.3. The standard InChI is InChI=1S/C10H20N4/c1-5-7-14-8(3)12-13-9(14)10(4,11)6-2/h5-7,11H2,1-4H3. The van der Waals surface area contributed by atoms with E-state index in [1.165, 1.54) is 0 Å². The monoisotopic (exact) mass is 196 g/mol. The Morgan fingerprint density at radius 1 is 1.36 bits per heavy atom. The maximum Gasteiger partial charge on any atom is 0.152 e. The lowest BCUT2D eigenvalue weighted by Crippen LogP contribution is -2.35. The third-order valence-electron chi connectivity index (χ3n) is 2.63. The second-order valence-corrected chi connectivity index (χ2v) is 3.99. The molecular formula is C10H20N4. The maximum absolute atomic E-state index is 6.16. The predicted octanol–water partition coefficient (Wildman–Crippen LogP) is 1.58. The number of hydrogen-bond acceptors (Lipinski definition) is 3. The van der Waals surface area contributed by atoms with Gasteiger partial charge in [0, 0.05) is 6.54 Å². The second-order valence-electron chi connectivity index (χ2n) is 3.99. The van der Waals surface area contributed by atoms with Crippen molar-refractivity contribution in [1.29, 1.82) is 0 Å². The molecule has 0 spiro atoms. The summed E-state index contributed by atoms with van der Waals surface area (Å²) in [5.41, 5.74) is 5.79. The smallest absolute Gasteiger partial charge is 0.152 e. The first-order chi connectivity index (χ1) is 6.53. The Morgan fingerprint density at radius 2 is 2.00 bits per heavy atom. The average molecular weight is 196 g/mol. The van der Waals surface area contributed by atoms with Crippen molar-refractivity contribution in [2.24, 2.45) is 5.73 Å². The molecule has 0 aliphatic carbocycles. The van der Waals surface area contributed by atoms with Crippen LogP contribution in [0.15, 0.2) is 0 Å². The van der Waals surface area contributed by atoms with Crippen LogP contribution in [0, 0.1) is 6.92 Å². The highest BCUT2D eigenvalue weighted by Gasteiger charge is 2.25. The Balaban J connectivity index is 3.08. The lowest BCUT2D eigenvalue weighted by molar-refractivity contribution is 0.415. The van der Waals surface area contributed by atoms with Crippen LogP contribution in [0.3, 0.4) is 0 Å². The molecule has 1 atom stereocenters. The van der Waals surface area contributed by atoms with Gasteiger partial charge in [-0.2, -0.15) is 0 Å². The van der Waals surface area contributed by atoms with Crippen molar-refractivity contribution in [3.8, 4) is 0 Å². The zero-order chi connectivity index (χ0) is 10.8. The normalized spacial score (nSPS) is 15.5. The van der Waals surface area contributed by atoms with Gasteiger partial charge in [0.25, 0.3) is 0 Å². The Hall–Kier alpha value is -0.900. The van der Waals surface area contributed by atoms with Crippen molar-refractivity contribution >= 4 is 0 Å². The summed E-state index contributed by atoms with van der Waals surface area (Å²) in [6, 6.07) is 0. The molecule has 0 saturated carbocycles. The van der Waals surface area contributed by atoms with Gasteiger partial charge in [0.2, 0.25) is 0 Å². The van der Waals surface area contributed by atoms with E-state index in [0.717, 1.165) is 31.0 Å². The van der Waals surface area contributed by atoms with Gasteiger partial charge in [-0.05, 0) is 26.7 Å². The topological polar surface area (TPSA) is 56.7 Å². The van der Waals surface area contributed by atoms with Crippen LogP contribution in [-0.2, 0) is 12.1 Å². The molecule has 1 unspecified atom stereocenters. The molecule has 14 heavy (non-hydrogen) atoms. The molecule has 1 aromatic heterocycles. The van der Waals surface area contributed by atoms with E-state index in [9.17, 15) is 0 Å². The highest BCUT2D eigenvalue weighted by Crippen LogP contribution is 2.20. The van der Waals surface area contributed by atoms with Crippen LogP contribution in [0.5, 0.6) is 0 Å². The maximum atomic E-state index is 6.16. The molecule has 0 fully saturated rings. The summed E-state index contributed by atoms with van der Waals surface area (Å²) in [7, 11) is 0. The van der Waals surface area contributed by atoms with Crippen molar-refractivity contribution in [1.82, 2.24) is 14.8 Å². The third-order valence-corrected chi connectivity index (χ3v) is 2.63. The average Bonchev–Trinajstić information content (AvgIpc) is 2.50. The van der Waals surface area contributed by atoms with Crippen LogP contribution in [0.1, 0.15) is 45.3 Å². The molecule has 0 aliphatic rings. The van der Waals surface area contributed by atoms with Gasteiger partial charge >= 0.3 is 0 Å². The number of aryl methyl sites for hydroxylation is 1. The molecule has 0 aliphatic heterocycles. The number of hydrogen-bond donors (Lipinski definition) is 1. The summed E-state index contributed by atoms with van der Waals surface area (Å²) in [6.07, 6.45) is 1.94. The number of rotatable bonds is 4. The van der Waals surface area contributed by atoms with Crippen molar-refractivity contribution < 1.29 is 0 Å². The Bertz CT molecular complexity index is 301. The molecule has 2 N–H and O–H groups in total. The number of nitrogens with zero attached hydrogens (tertiary/aromatic N) is 3. The first kappa shape index (κ1) is 11.2. The molecule has 0 radical (unpaired) electrons. The van der Waals surface area contributed by atoms with E-state index < -0.39 is 0 Å². The van der Waals surface area contributed by atoms with Crippen LogP contribution in [0.2, 0.25) is 0 Å². The van der Waals surface area contributed by atoms with Crippen LogP contribution < -0.4 is 5.73 Å². The van der Waals surface area contributed by atoms with Crippen molar-refractivity contribution in [2.45, 2.75) is 52.6 Å². The first-order valence-electron chi connectivity index (χ1n) is 5.22. The number of aromatic nitrogens is 3. The van der Waals surface area contributed by atoms with E-state index in [1.54, 1.807) is 0 Å². The zero-order valence-electron chi connectivity index (χ0n) is 9.54. The summed E-state index contributed by atoms with van der Waals surface area (Å²) in [6.45, 7) is 9.13. The van der Waals surface area contributed by atoms with Crippen LogP contribution >= 0.6 is 0 Å². The minimum atomic E-state index is -0.365. The van der Waals surface area contributed by atoms with Crippen molar-refractivity contribution in [3.63, 3.8) is 0 Å². The second kappa shape index (κ2) is 4.09. The largest absolute Gasteiger partial charge is 0.319 e. The van der Waals surface area contributed by atoms with Crippen molar-refractivity contribution in [2.75, 3.05) is 0 Å². The quantitative estimate of drug-likeness (QED) is 0.795. The zero-order valence-corrected chi connectivity index (χ0v) is 9.54. The van der Waals surface area contributed by atoms with Gasteiger partial charge in [-0.1, -0.05) is 13.8 Å². The molecule has 4 nitrogen and oxygen atoms in total. The SMILES string of the molecule is CCCn1c(C)nnc1C(C)(N)CC. The van der Waals surface area contributed by atoms with E-state index in [0.29, 0.717) is 0 Å². The summed E-state index contributed by atoms with van der Waals surface area (Å²) in [4.78, 5) is 0. The molecule has 0 saturated heterocycles. The minimum Gasteiger partial charge on any atom is -0.319 e. The Labute approximate surface area is 85.5 Å². The van der Waals surface area contributed by atoms with Gasteiger partial charge in [0.05, 0.1) is 5.54 Å². The van der Waals surface area contributed by atoms with Gasteiger partial charge < -0.3 is 10.3 Å². The van der Waals surface area contributed by atoms with E-state index in [1.807, 2.05) is 13.8 Å². The minimum absolute atomic E-state index is 0.365. The van der Waals surface area contributed by atoms with Gasteiger partial charge in [-0.3, -0.25) is 0 Å². The van der Waals surface area contributed by atoms with E-state index >= 15 is 0 Å². The fourth-order valence-electron chi connectivity index (χ4n) is 1.45. The molecule has 4 heteroatoms. The first-order valence-corrected chi connectivity index (χ1v) is 5.22. The van der Waals surface area contributed by atoms with Gasteiger partial charge in [-0.15, -0.1) is 10.2 Å². The van der Waals surface area contributed by atoms with Crippen molar-refractivity contribution in [3.05, 3.63) is 11.6 Å². The molecular weight excluding hydrogens is 176 g/mol. The highest BCUT2D eigenvalue weighted by molar-refractivity contribution is 5.05. The van der Waals surface area contributed by atoms with Gasteiger partial charge in [-0.25, -0.2) is 0 Å². The predicted molar refractivity (Wildman–Crippen MR) is 56.9 cm³/mol. The summed E-state index contributed by atoms with van der Waals surface area (Å²) >= 11 is 0. The van der Waals surface area contributed by atoms with Crippen LogP contribution in [0.25, 0.3) is 0 Å². The number of nitrogens with two attached hydrogens (primary N) is 1. The van der Waals surface area contributed by atoms with E-state index in [-0.39, 0.29) is 5.54 Å². The molecule has 0 aromatic carbocycles. The third kappa shape index (κ3) is 1.95. The fraction of sp³-hybridized carbons (Fsp3) is 0.800. The lowest BCUT2D eigenvalue weighted by atomic mass is 9.99. The molecule has 80 valence electrons. The summed E-state index contributed by atoms with van der Waals surface area (Å²) in [5, 5.41) is 8.25. The molecule has 1 rings (SSSR count). The molecule has 1 heterocycles. The van der Waals surface area contributed by atoms with E-state index in [4.69, 9.17) is 5.73 Å². The van der Waals surface area contributed by atoms with Gasteiger partial charge in [0.1, 0.15) is 5.82 Å². The molecule has 0 amide bonds. The Kier molecular flexibility index (Phi) is 3.26. The van der Waals surface area contributed by atoms with Crippen LogP contribution in [-0.4, -0.2) is 14.8 Å². The van der Waals surface area contributed by atoms with Gasteiger partial charge in [0.15, 0.2) is 5.82 Å². The molecule has 0 bridgehead atoms. The summed E-state index contributed by atoms with van der Waals surface area (Å²) < 4.78 is 2.11. The Morgan fingerprint density at radius 3 is 2.50 bits per heavy atom. The lowest BCUT2D eigenvalue weighted by Gasteiger charge is -2.22. The van der Waals surface area contributed by atoms with E-state index in [2.05, 4.69) is 28.6 Å². The van der Waals surface area contributed by atoms with Crippen LogP contribution in [0.4, 0.5) is 0 Å². The molecule has 1 aromatic rings. The fourth-order valence-corrected chi connectivity index (χ4v) is 1.45. The summed E-state index contributed by atoms with van der Waals surface area (Å²) in [5.74, 6) is 1.85.